The molecule has 0 aromatic heterocycles. The first-order chi connectivity index (χ1) is 12.7. The number of nitrogens with one attached hydrogen (secondary N) is 2. The minimum absolute atomic E-state index is 0.432. The third-order valence-corrected chi connectivity index (χ3v) is 5.59. The summed E-state index contributed by atoms with van der Waals surface area (Å²) in [5, 5.41) is 7.18. The number of benzene rings is 1. The van der Waals surface area contributed by atoms with Crippen molar-refractivity contribution in [1.82, 2.24) is 20.4 Å². The largest absolute Gasteiger partial charge is 0.369 e. The van der Waals surface area contributed by atoms with E-state index in [2.05, 4.69) is 74.8 Å². The second kappa shape index (κ2) is 9.24. The molecule has 0 bridgehead atoms. The minimum atomic E-state index is 0.432. The lowest BCUT2D eigenvalue weighted by molar-refractivity contribution is 0.116. The average molecular weight is 359 g/mol. The minimum Gasteiger partial charge on any atom is -0.369 e. The number of piperazine rings is 1. The zero-order valence-electron chi connectivity index (χ0n) is 16.5. The van der Waals surface area contributed by atoms with Gasteiger partial charge in [-0.05, 0) is 39.1 Å². The summed E-state index contributed by atoms with van der Waals surface area (Å²) in [5.74, 6) is 0.923. The number of likely N-dealkylation sites (N-methyl/N-ethyl adjacent to an activating group) is 2. The van der Waals surface area contributed by atoms with Crippen LogP contribution in [-0.2, 0) is 0 Å². The molecule has 2 saturated heterocycles. The number of hydrogen-bond donors (Lipinski definition) is 2. The Kier molecular flexibility index (Phi) is 6.74. The first-order valence-electron chi connectivity index (χ1n) is 9.81. The molecule has 26 heavy (non-hydrogen) atoms. The normalized spacial score (nSPS) is 26.0. The summed E-state index contributed by atoms with van der Waals surface area (Å²) in [4.78, 5) is 11.8. The van der Waals surface area contributed by atoms with Gasteiger partial charge in [0.2, 0.25) is 0 Å². The number of piperidine rings is 1. The molecule has 0 spiro atoms. The number of nitrogens with zero attached hydrogens (tertiary/aromatic N) is 4. The fraction of sp³-hybridized carbons (Fsp3) is 0.650. The fourth-order valence-corrected chi connectivity index (χ4v) is 3.89. The van der Waals surface area contributed by atoms with Crippen molar-refractivity contribution in [2.45, 2.75) is 24.9 Å². The van der Waals surface area contributed by atoms with Crippen LogP contribution in [0.3, 0.4) is 0 Å². The Balaban J connectivity index is 1.50. The van der Waals surface area contributed by atoms with Gasteiger partial charge in [-0.3, -0.25) is 9.89 Å². The Morgan fingerprint density at radius 3 is 2.69 bits per heavy atom. The molecule has 2 N–H and O–H groups in total. The molecule has 0 saturated carbocycles. The Hall–Kier alpha value is -1.79. The van der Waals surface area contributed by atoms with Crippen molar-refractivity contribution in [3.05, 3.63) is 30.3 Å². The zero-order chi connectivity index (χ0) is 18.4. The maximum Gasteiger partial charge on any atom is 0.191 e. The Morgan fingerprint density at radius 1 is 1.12 bits per heavy atom. The molecule has 2 heterocycles. The van der Waals surface area contributed by atoms with E-state index in [4.69, 9.17) is 0 Å². The van der Waals surface area contributed by atoms with Crippen LogP contribution in [0.5, 0.6) is 0 Å². The standard InChI is InChI=1S/C20H34N6/c1-21-20(22-14-19-16-24(2)12-13-25(19)3)23-17-8-7-11-26(15-17)18-9-5-4-6-10-18/h4-6,9-10,17,19H,7-8,11-16H2,1-3H3,(H2,21,22,23). The van der Waals surface area contributed by atoms with Gasteiger partial charge in [0.25, 0.3) is 0 Å². The van der Waals surface area contributed by atoms with E-state index in [1.807, 2.05) is 7.05 Å². The van der Waals surface area contributed by atoms with Crippen LogP contribution < -0.4 is 15.5 Å². The van der Waals surface area contributed by atoms with Crippen LogP contribution >= 0.6 is 0 Å². The van der Waals surface area contributed by atoms with E-state index in [1.54, 1.807) is 0 Å². The summed E-state index contributed by atoms with van der Waals surface area (Å²) >= 11 is 0. The predicted molar refractivity (Wildman–Crippen MR) is 110 cm³/mol. The predicted octanol–water partition coefficient (Wildman–Crippen LogP) is 1.07. The van der Waals surface area contributed by atoms with Gasteiger partial charge in [0.15, 0.2) is 5.96 Å². The van der Waals surface area contributed by atoms with Gasteiger partial charge in [0, 0.05) is 64.1 Å². The molecule has 144 valence electrons. The fourth-order valence-electron chi connectivity index (χ4n) is 3.89. The summed E-state index contributed by atoms with van der Waals surface area (Å²) in [6.07, 6.45) is 2.40. The van der Waals surface area contributed by atoms with E-state index < -0.39 is 0 Å². The SMILES string of the molecule is CN=C(NCC1CN(C)CCN1C)NC1CCCN(c2ccccc2)C1. The number of anilines is 1. The number of para-hydroxylation sites is 1. The lowest BCUT2D eigenvalue weighted by atomic mass is 10.0. The summed E-state index contributed by atoms with van der Waals surface area (Å²) in [5.41, 5.74) is 1.31. The summed E-state index contributed by atoms with van der Waals surface area (Å²) < 4.78 is 0. The number of rotatable bonds is 4. The number of aliphatic imine (C=N–C) groups is 1. The molecular formula is C20H34N6. The summed E-state index contributed by atoms with van der Waals surface area (Å²) in [7, 11) is 6.28. The van der Waals surface area contributed by atoms with Crippen LogP contribution in [0.1, 0.15) is 12.8 Å². The monoisotopic (exact) mass is 358 g/mol. The van der Waals surface area contributed by atoms with Crippen LogP contribution in [0.25, 0.3) is 0 Å². The molecule has 6 nitrogen and oxygen atoms in total. The topological polar surface area (TPSA) is 46.1 Å². The Bertz CT molecular complexity index is 575. The van der Waals surface area contributed by atoms with Crippen LogP contribution in [0.4, 0.5) is 5.69 Å². The van der Waals surface area contributed by atoms with Gasteiger partial charge in [0.05, 0.1) is 0 Å². The van der Waals surface area contributed by atoms with E-state index in [1.165, 1.54) is 18.5 Å². The molecule has 6 heteroatoms. The van der Waals surface area contributed by atoms with E-state index in [0.717, 1.165) is 45.2 Å². The smallest absolute Gasteiger partial charge is 0.191 e. The van der Waals surface area contributed by atoms with Crippen molar-refractivity contribution in [2.24, 2.45) is 4.99 Å². The van der Waals surface area contributed by atoms with E-state index in [9.17, 15) is 0 Å². The third-order valence-electron chi connectivity index (χ3n) is 5.59. The van der Waals surface area contributed by atoms with Gasteiger partial charge >= 0.3 is 0 Å². The molecule has 2 aliphatic rings. The summed E-state index contributed by atoms with van der Waals surface area (Å²) in [6.45, 7) is 6.46. The highest BCUT2D eigenvalue weighted by molar-refractivity contribution is 5.80. The quantitative estimate of drug-likeness (QED) is 0.623. The highest BCUT2D eigenvalue weighted by atomic mass is 15.3. The van der Waals surface area contributed by atoms with Crippen LogP contribution in [0.15, 0.2) is 35.3 Å². The molecule has 1 aromatic carbocycles. The maximum atomic E-state index is 4.45. The first kappa shape index (κ1) is 19.0. The molecular weight excluding hydrogens is 324 g/mol. The molecule has 0 radical (unpaired) electrons. The molecule has 0 aliphatic carbocycles. The molecule has 1 aromatic rings. The lowest BCUT2D eigenvalue weighted by Gasteiger charge is -2.38. The van der Waals surface area contributed by atoms with Gasteiger partial charge in [0.1, 0.15) is 0 Å². The van der Waals surface area contributed by atoms with E-state index in [0.29, 0.717) is 12.1 Å². The average Bonchev–Trinajstić information content (AvgIpc) is 2.68. The molecule has 0 amide bonds. The van der Waals surface area contributed by atoms with Crippen molar-refractivity contribution in [3.8, 4) is 0 Å². The van der Waals surface area contributed by atoms with Crippen LogP contribution in [-0.4, -0.2) is 88.3 Å². The van der Waals surface area contributed by atoms with Crippen LogP contribution in [0.2, 0.25) is 0 Å². The van der Waals surface area contributed by atoms with E-state index in [-0.39, 0.29) is 0 Å². The van der Waals surface area contributed by atoms with Crippen molar-refractivity contribution in [1.29, 1.82) is 0 Å². The molecule has 2 fully saturated rings. The molecule has 3 rings (SSSR count). The highest BCUT2D eigenvalue weighted by Crippen LogP contribution is 2.19. The van der Waals surface area contributed by atoms with Crippen molar-refractivity contribution in [3.63, 3.8) is 0 Å². The van der Waals surface area contributed by atoms with Gasteiger partial charge in [-0.15, -0.1) is 0 Å². The maximum absolute atomic E-state index is 4.45. The van der Waals surface area contributed by atoms with Gasteiger partial charge < -0.3 is 20.4 Å². The third kappa shape index (κ3) is 5.11. The van der Waals surface area contributed by atoms with Crippen molar-refractivity contribution < 1.29 is 0 Å². The number of guanidine groups is 1. The van der Waals surface area contributed by atoms with Gasteiger partial charge in [-0.25, -0.2) is 0 Å². The second-order valence-electron chi connectivity index (χ2n) is 7.61. The second-order valence-corrected chi connectivity index (χ2v) is 7.61. The van der Waals surface area contributed by atoms with Gasteiger partial charge in [-0.1, -0.05) is 18.2 Å². The summed E-state index contributed by atoms with van der Waals surface area (Å²) in [6, 6.07) is 11.7. The first-order valence-corrected chi connectivity index (χ1v) is 9.81. The van der Waals surface area contributed by atoms with E-state index >= 15 is 0 Å². The van der Waals surface area contributed by atoms with Crippen molar-refractivity contribution >= 4 is 11.6 Å². The van der Waals surface area contributed by atoms with Crippen LogP contribution in [0, 0.1) is 0 Å². The number of hydrogen-bond acceptors (Lipinski definition) is 4. The van der Waals surface area contributed by atoms with Gasteiger partial charge in [-0.2, -0.15) is 0 Å². The van der Waals surface area contributed by atoms with Crippen molar-refractivity contribution in [2.75, 3.05) is 65.3 Å². The zero-order valence-corrected chi connectivity index (χ0v) is 16.5. The Morgan fingerprint density at radius 2 is 1.92 bits per heavy atom. The highest BCUT2D eigenvalue weighted by Gasteiger charge is 2.24. The Labute approximate surface area is 158 Å². The lowest BCUT2D eigenvalue weighted by Crippen LogP contribution is -2.57. The molecule has 2 aliphatic heterocycles. The molecule has 2 unspecified atom stereocenters. The molecule has 2 atom stereocenters.